The molecule has 0 spiro atoms. The van der Waals surface area contributed by atoms with Gasteiger partial charge in [0, 0.05) is 11.1 Å². The molecule has 0 bridgehead atoms. The van der Waals surface area contributed by atoms with Gasteiger partial charge < -0.3 is 0 Å². The highest BCUT2D eigenvalue weighted by Gasteiger charge is 2.18. The van der Waals surface area contributed by atoms with Gasteiger partial charge in [-0.25, -0.2) is 15.0 Å². The molecule has 0 amide bonds. The SMILES string of the molecule is CC.Cc1cc(C)c2nc(C(C)(C)C)ncc2n1. The number of nitrogens with zero attached hydrogens (tertiary/aromatic N) is 3. The molecule has 0 aliphatic carbocycles. The first-order valence-electron chi connectivity index (χ1n) is 6.49. The Kier molecular flexibility index (Phi) is 4.38. The van der Waals surface area contributed by atoms with E-state index in [9.17, 15) is 0 Å². The quantitative estimate of drug-likeness (QED) is 0.705. The van der Waals surface area contributed by atoms with E-state index in [0.717, 1.165) is 28.1 Å². The maximum Gasteiger partial charge on any atom is 0.134 e. The minimum absolute atomic E-state index is 0.0223. The molecule has 0 saturated carbocycles. The van der Waals surface area contributed by atoms with E-state index in [2.05, 4.69) is 48.7 Å². The molecule has 3 heteroatoms. The molecule has 0 aliphatic heterocycles. The first-order valence-corrected chi connectivity index (χ1v) is 6.49. The van der Waals surface area contributed by atoms with E-state index in [1.165, 1.54) is 0 Å². The lowest BCUT2D eigenvalue weighted by molar-refractivity contribution is 0.548. The standard InChI is InChI=1S/C13H17N3.C2H6/c1-8-6-9(2)15-10-7-14-12(13(3,4)5)16-11(8)10;1-2/h6-7H,1-5H3;1-2H3. The summed E-state index contributed by atoms with van der Waals surface area (Å²) >= 11 is 0. The molecule has 98 valence electrons. The van der Waals surface area contributed by atoms with Crippen LogP contribution < -0.4 is 0 Å². The molecule has 0 unspecified atom stereocenters. The summed E-state index contributed by atoms with van der Waals surface area (Å²) in [6.45, 7) is 14.4. The van der Waals surface area contributed by atoms with Crippen molar-refractivity contribution in [3.63, 3.8) is 0 Å². The van der Waals surface area contributed by atoms with Crippen LogP contribution in [0.25, 0.3) is 11.0 Å². The zero-order valence-electron chi connectivity index (χ0n) is 12.5. The van der Waals surface area contributed by atoms with Gasteiger partial charge in [-0.1, -0.05) is 34.6 Å². The van der Waals surface area contributed by atoms with Crippen LogP contribution in [0.4, 0.5) is 0 Å². The fourth-order valence-corrected chi connectivity index (χ4v) is 1.71. The number of hydrogen-bond donors (Lipinski definition) is 0. The molecule has 2 aromatic heterocycles. The molecular weight excluding hydrogens is 222 g/mol. The van der Waals surface area contributed by atoms with E-state index in [0.29, 0.717) is 0 Å². The van der Waals surface area contributed by atoms with Gasteiger partial charge in [0.2, 0.25) is 0 Å². The molecule has 2 rings (SSSR count). The highest BCUT2D eigenvalue weighted by Crippen LogP contribution is 2.21. The summed E-state index contributed by atoms with van der Waals surface area (Å²) in [4.78, 5) is 13.4. The number of hydrogen-bond acceptors (Lipinski definition) is 3. The molecule has 0 radical (unpaired) electrons. The van der Waals surface area contributed by atoms with Crippen molar-refractivity contribution in [3.05, 3.63) is 29.3 Å². The van der Waals surface area contributed by atoms with Gasteiger partial charge in [0.25, 0.3) is 0 Å². The fraction of sp³-hybridized carbons (Fsp3) is 0.533. The Hall–Kier alpha value is -1.51. The van der Waals surface area contributed by atoms with Gasteiger partial charge >= 0.3 is 0 Å². The lowest BCUT2D eigenvalue weighted by Crippen LogP contribution is -2.16. The van der Waals surface area contributed by atoms with E-state index in [-0.39, 0.29) is 5.41 Å². The van der Waals surface area contributed by atoms with Gasteiger partial charge in [-0.2, -0.15) is 0 Å². The highest BCUT2D eigenvalue weighted by molar-refractivity contribution is 5.76. The summed E-state index contributed by atoms with van der Waals surface area (Å²) < 4.78 is 0. The zero-order chi connectivity index (χ0) is 13.9. The van der Waals surface area contributed by atoms with Crippen LogP contribution in [-0.2, 0) is 5.41 Å². The third-order valence-electron chi connectivity index (χ3n) is 2.54. The zero-order valence-corrected chi connectivity index (χ0v) is 12.5. The minimum atomic E-state index is -0.0223. The summed E-state index contributed by atoms with van der Waals surface area (Å²) in [6.07, 6.45) is 1.82. The first kappa shape index (κ1) is 14.6. The molecule has 0 saturated heterocycles. The lowest BCUT2D eigenvalue weighted by Gasteiger charge is -2.16. The molecule has 0 atom stereocenters. The summed E-state index contributed by atoms with van der Waals surface area (Å²) in [5.74, 6) is 0.869. The molecule has 0 fully saturated rings. The summed E-state index contributed by atoms with van der Waals surface area (Å²) in [5, 5.41) is 0. The molecule has 0 N–H and O–H groups in total. The van der Waals surface area contributed by atoms with Crippen LogP contribution in [0.1, 0.15) is 51.7 Å². The second-order valence-corrected chi connectivity index (χ2v) is 5.26. The van der Waals surface area contributed by atoms with Crippen LogP contribution in [0, 0.1) is 13.8 Å². The Morgan fingerprint density at radius 1 is 1.00 bits per heavy atom. The molecule has 18 heavy (non-hydrogen) atoms. The Labute approximate surface area is 110 Å². The van der Waals surface area contributed by atoms with Gasteiger partial charge in [0.05, 0.1) is 11.7 Å². The van der Waals surface area contributed by atoms with Gasteiger partial charge in [-0.05, 0) is 25.5 Å². The van der Waals surface area contributed by atoms with Gasteiger partial charge in [0.15, 0.2) is 0 Å². The number of pyridine rings is 1. The van der Waals surface area contributed by atoms with Crippen LogP contribution in [0.3, 0.4) is 0 Å². The highest BCUT2D eigenvalue weighted by atomic mass is 14.9. The van der Waals surface area contributed by atoms with Crippen LogP contribution in [0.15, 0.2) is 12.3 Å². The van der Waals surface area contributed by atoms with E-state index >= 15 is 0 Å². The smallest absolute Gasteiger partial charge is 0.134 e. The average molecular weight is 245 g/mol. The number of aromatic nitrogens is 3. The maximum atomic E-state index is 4.61. The van der Waals surface area contributed by atoms with Crippen molar-refractivity contribution in [2.75, 3.05) is 0 Å². The fourth-order valence-electron chi connectivity index (χ4n) is 1.71. The Bertz CT molecular complexity index is 539. The first-order chi connectivity index (χ1) is 8.38. The van der Waals surface area contributed by atoms with E-state index in [1.807, 2.05) is 27.0 Å². The van der Waals surface area contributed by atoms with Gasteiger partial charge in [-0.3, -0.25) is 0 Å². The Morgan fingerprint density at radius 3 is 2.17 bits per heavy atom. The lowest BCUT2D eigenvalue weighted by atomic mass is 9.95. The van der Waals surface area contributed by atoms with Crippen molar-refractivity contribution in [2.45, 2.75) is 53.9 Å². The largest absolute Gasteiger partial charge is 0.250 e. The third-order valence-corrected chi connectivity index (χ3v) is 2.54. The van der Waals surface area contributed by atoms with Crippen molar-refractivity contribution < 1.29 is 0 Å². The topological polar surface area (TPSA) is 38.7 Å². The number of rotatable bonds is 0. The van der Waals surface area contributed by atoms with Crippen molar-refractivity contribution in [1.82, 2.24) is 15.0 Å². The second kappa shape index (κ2) is 5.42. The third kappa shape index (κ3) is 3.03. The molecule has 2 aromatic rings. The molecule has 3 nitrogen and oxygen atoms in total. The van der Waals surface area contributed by atoms with Crippen LogP contribution in [0.5, 0.6) is 0 Å². The molecule has 0 aromatic carbocycles. The molecule has 0 aliphatic rings. The Morgan fingerprint density at radius 2 is 1.61 bits per heavy atom. The summed E-state index contributed by atoms with van der Waals surface area (Å²) in [7, 11) is 0. The van der Waals surface area contributed by atoms with Crippen molar-refractivity contribution in [1.29, 1.82) is 0 Å². The van der Waals surface area contributed by atoms with Crippen molar-refractivity contribution in [2.24, 2.45) is 0 Å². The van der Waals surface area contributed by atoms with Crippen LogP contribution >= 0.6 is 0 Å². The maximum absolute atomic E-state index is 4.61. The molecule has 2 heterocycles. The monoisotopic (exact) mass is 245 g/mol. The van der Waals surface area contributed by atoms with Crippen molar-refractivity contribution in [3.8, 4) is 0 Å². The van der Waals surface area contributed by atoms with E-state index < -0.39 is 0 Å². The number of fused-ring (bicyclic) bond motifs is 1. The van der Waals surface area contributed by atoms with E-state index in [4.69, 9.17) is 0 Å². The second-order valence-electron chi connectivity index (χ2n) is 5.26. The predicted molar refractivity (Wildman–Crippen MR) is 76.9 cm³/mol. The van der Waals surface area contributed by atoms with Crippen molar-refractivity contribution >= 4 is 11.0 Å². The van der Waals surface area contributed by atoms with Crippen LogP contribution in [-0.4, -0.2) is 15.0 Å². The van der Waals surface area contributed by atoms with Gasteiger partial charge in [-0.15, -0.1) is 0 Å². The predicted octanol–water partition coefficient (Wildman–Crippen LogP) is 3.97. The van der Waals surface area contributed by atoms with Gasteiger partial charge in [0.1, 0.15) is 11.3 Å². The van der Waals surface area contributed by atoms with E-state index in [1.54, 1.807) is 0 Å². The Balaban J connectivity index is 0.000000771. The summed E-state index contributed by atoms with van der Waals surface area (Å²) in [5.41, 5.74) is 3.99. The summed E-state index contributed by atoms with van der Waals surface area (Å²) in [6, 6.07) is 2.06. The number of aryl methyl sites for hydroxylation is 2. The molecular formula is C15H23N3. The van der Waals surface area contributed by atoms with Crippen LogP contribution in [0.2, 0.25) is 0 Å². The minimum Gasteiger partial charge on any atom is -0.250 e. The normalized spacial score (nSPS) is 11.1. The average Bonchev–Trinajstić information content (AvgIpc) is 2.29.